The van der Waals surface area contributed by atoms with E-state index >= 15 is 0 Å². The lowest BCUT2D eigenvalue weighted by Gasteiger charge is -2.38. The van der Waals surface area contributed by atoms with Gasteiger partial charge in [0, 0.05) is 59.1 Å². The number of amides is 1. The van der Waals surface area contributed by atoms with Crippen molar-refractivity contribution in [3.8, 4) is 11.5 Å². The highest BCUT2D eigenvalue weighted by molar-refractivity contribution is 6.04. The largest absolute Gasteiger partial charge is 0.497 e. The Hall–Kier alpha value is -2.87. The Bertz CT molecular complexity index is 901. The van der Waals surface area contributed by atoms with Gasteiger partial charge < -0.3 is 29.5 Å². The van der Waals surface area contributed by atoms with Crippen molar-refractivity contribution in [3.05, 3.63) is 36.0 Å². The fourth-order valence-electron chi connectivity index (χ4n) is 3.76. The Morgan fingerprint density at radius 2 is 1.72 bits per heavy atom. The van der Waals surface area contributed by atoms with Gasteiger partial charge in [-0.25, -0.2) is 4.98 Å². The van der Waals surface area contributed by atoms with Crippen molar-refractivity contribution in [2.24, 2.45) is 0 Å². The number of carbonyl (C=O) groups is 1. The van der Waals surface area contributed by atoms with E-state index in [1.807, 2.05) is 24.3 Å². The second-order valence-electron chi connectivity index (χ2n) is 7.69. The van der Waals surface area contributed by atoms with Crippen LogP contribution in [0.2, 0.25) is 0 Å². The average Bonchev–Trinajstić information content (AvgIpc) is 2.81. The van der Waals surface area contributed by atoms with Crippen LogP contribution in [0.4, 0.5) is 17.2 Å². The van der Waals surface area contributed by atoms with E-state index < -0.39 is 0 Å². The number of aromatic nitrogens is 1. The number of nitrogens with zero attached hydrogens (tertiary/aromatic N) is 4. The zero-order valence-electron chi connectivity index (χ0n) is 19.6. The number of rotatable bonds is 8. The molecule has 8 nitrogen and oxygen atoms in total. The number of nitrogens with one attached hydrogen (secondary N) is 1. The SMILES string of the molecule is CCCNc1nccc(N2CCN(c3ccc(OC)cc3OC)CC2)c1C(=O)N(C)C.Cl. The van der Waals surface area contributed by atoms with Gasteiger partial charge in [0.2, 0.25) is 0 Å². The Morgan fingerprint density at radius 3 is 2.28 bits per heavy atom. The normalized spacial score (nSPS) is 13.3. The van der Waals surface area contributed by atoms with Crippen molar-refractivity contribution in [2.75, 3.05) is 76.2 Å². The summed E-state index contributed by atoms with van der Waals surface area (Å²) >= 11 is 0. The molecule has 1 aliphatic rings. The van der Waals surface area contributed by atoms with Gasteiger partial charge >= 0.3 is 0 Å². The number of hydrogen-bond acceptors (Lipinski definition) is 7. The number of piperazine rings is 1. The van der Waals surface area contributed by atoms with Gasteiger partial charge in [0.25, 0.3) is 5.91 Å². The minimum atomic E-state index is -0.0408. The molecule has 9 heteroatoms. The summed E-state index contributed by atoms with van der Waals surface area (Å²) < 4.78 is 10.9. The Morgan fingerprint density at radius 1 is 1.06 bits per heavy atom. The summed E-state index contributed by atoms with van der Waals surface area (Å²) in [4.78, 5) is 23.6. The number of hydrogen-bond donors (Lipinski definition) is 1. The van der Waals surface area contributed by atoms with Gasteiger partial charge in [-0.05, 0) is 24.6 Å². The lowest BCUT2D eigenvalue weighted by molar-refractivity contribution is 0.0828. The molecule has 0 atom stereocenters. The smallest absolute Gasteiger partial charge is 0.259 e. The number of anilines is 3. The first-order chi connectivity index (χ1) is 15.0. The predicted molar refractivity (Wildman–Crippen MR) is 132 cm³/mol. The van der Waals surface area contributed by atoms with Crippen LogP contribution >= 0.6 is 12.4 Å². The third-order valence-electron chi connectivity index (χ3n) is 5.44. The molecule has 0 radical (unpaired) electrons. The summed E-state index contributed by atoms with van der Waals surface area (Å²) in [6.45, 7) is 6.09. The van der Waals surface area contributed by atoms with E-state index in [9.17, 15) is 4.79 Å². The molecule has 1 N–H and O–H groups in total. The van der Waals surface area contributed by atoms with Gasteiger partial charge in [0.05, 0.1) is 25.6 Å². The van der Waals surface area contributed by atoms with Crippen LogP contribution in [0.25, 0.3) is 0 Å². The number of halogens is 1. The van der Waals surface area contributed by atoms with Crippen LogP contribution in [0.15, 0.2) is 30.5 Å². The van der Waals surface area contributed by atoms with E-state index in [1.54, 1.807) is 39.4 Å². The minimum absolute atomic E-state index is 0. The Kier molecular flexibility index (Phi) is 9.26. The fraction of sp³-hybridized carbons (Fsp3) is 0.478. The van der Waals surface area contributed by atoms with Crippen LogP contribution in [0, 0.1) is 0 Å². The minimum Gasteiger partial charge on any atom is -0.497 e. The van der Waals surface area contributed by atoms with Crippen molar-refractivity contribution in [1.29, 1.82) is 0 Å². The third-order valence-corrected chi connectivity index (χ3v) is 5.44. The number of pyridine rings is 1. The van der Waals surface area contributed by atoms with Gasteiger partial charge in [-0.1, -0.05) is 6.92 Å². The van der Waals surface area contributed by atoms with Crippen LogP contribution in [0.1, 0.15) is 23.7 Å². The highest BCUT2D eigenvalue weighted by Crippen LogP contribution is 2.34. The molecule has 0 bridgehead atoms. The summed E-state index contributed by atoms with van der Waals surface area (Å²) in [6, 6.07) is 7.84. The van der Waals surface area contributed by atoms with Crippen LogP contribution in [-0.2, 0) is 0 Å². The number of benzene rings is 1. The lowest BCUT2D eigenvalue weighted by Crippen LogP contribution is -2.47. The standard InChI is InChI=1S/C23H33N5O3.ClH/c1-6-10-24-22-21(23(29)26(2)3)19(9-11-25-22)28-14-12-27(13-15-28)18-8-7-17(30-4)16-20(18)31-5;/h7-9,11,16H,6,10,12-15H2,1-5H3,(H,24,25);1H. The first-order valence-corrected chi connectivity index (χ1v) is 10.7. The first-order valence-electron chi connectivity index (χ1n) is 10.7. The molecule has 0 spiro atoms. The molecule has 2 heterocycles. The van der Waals surface area contributed by atoms with Crippen molar-refractivity contribution >= 4 is 35.5 Å². The van der Waals surface area contributed by atoms with Crippen LogP contribution in [-0.4, -0.2) is 76.8 Å². The van der Waals surface area contributed by atoms with Gasteiger partial charge in [-0.15, -0.1) is 12.4 Å². The van der Waals surface area contributed by atoms with Gasteiger partial charge in [0.15, 0.2) is 0 Å². The second-order valence-corrected chi connectivity index (χ2v) is 7.69. The average molecular weight is 464 g/mol. The van der Waals surface area contributed by atoms with Crippen molar-refractivity contribution in [2.45, 2.75) is 13.3 Å². The molecule has 1 saturated heterocycles. The Balaban J connectivity index is 0.00000363. The summed E-state index contributed by atoms with van der Waals surface area (Å²) in [6.07, 6.45) is 2.74. The molecule has 0 aliphatic carbocycles. The van der Waals surface area contributed by atoms with E-state index in [2.05, 4.69) is 27.0 Å². The maximum Gasteiger partial charge on any atom is 0.259 e. The van der Waals surface area contributed by atoms with Crippen LogP contribution in [0.5, 0.6) is 11.5 Å². The summed E-state index contributed by atoms with van der Waals surface area (Å²) in [5.74, 6) is 2.18. The van der Waals surface area contributed by atoms with E-state index in [-0.39, 0.29) is 18.3 Å². The van der Waals surface area contributed by atoms with Gasteiger partial charge in [-0.3, -0.25) is 4.79 Å². The molecule has 1 aromatic heterocycles. The maximum atomic E-state index is 13.0. The summed E-state index contributed by atoms with van der Waals surface area (Å²) in [5.41, 5.74) is 2.61. The van der Waals surface area contributed by atoms with Gasteiger partial charge in [0.1, 0.15) is 22.9 Å². The van der Waals surface area contributed by atoms with E-state index in [1.165, 1.54) is 0 Å². The summed E-state index contributed by atoms with van der Waals surface area (Å²) in [5, 5.41) is 3.31. The number of ether oxygens (including phenoxy) is 2. The van der Waals surface area contributed by atoms with E-state index in [0.29, 0.717) is 11.4 Å². The van der Waals surface area contributed by atoms with Crippen molar-refractivity contribution < 1.29 is 14.3 Å². The first kappa shape index (κ1) is 25.4. The Labute approximate surface area is 196 Å². The molecular formula is C23H34ClN5O3. The molecule has 0 unspecified atom stereocenters. The monoisotopic (exact) mass is 463 g/mol. The molecule has 176 valence electrons. The maximum absolute atomic E-state index is 13.0. The molecular weight excluding hydrogens is 430 g/mol. The molecule has 1 amide bonds. The highest BCUT2D eigenvalue weighted by Gasteiger charge is 2.26. The van der Waals surface area contributed by atoms with Gasteiger partial charge in [-0.2, -0.15) is 0 Å². The molecule has 0 saturated carbocycles. The van der Waals surface area contributed by atoms with E-state index in [0.717, 1.165) is 62.0 Å². The molecule has 1 aromatic carbocycles. The zero-order chi connectivity index (χ0) is 22.4. The molecule has 3 rings (SSSR count). The number of carbonyl (C=O) groups excluding carboxylic acids is 1. The summed E-state index contributed by atoms with van der Waals surface area (Å²) in [7, 11) is 6.88. The van der Waals surface area contributed by atoms with Crippen molar-refractivity contribution in [1.82, 2.24) is 9.88 Å². The topological polar surface area (TPSA) is 70.2 Å². The zero-order valence-corrected chi connectivity index (χ0v) is 20.4. The lowest BCUT2D eigenvalue weighted by atomic mass is 10.1. The fourth-order valence-corrected chi connectivity index (χ4v) is 3.76. The molecule has 2 aromatic rings. The third kappa shape index (κ3) is 5.48. The van der Waals surface area contributed by atoms with Crippen LogP contribution in [0.3, 0.4) is 0 Å². The predicted octanol–water partition coefficient (Wildman–Crippen LogP) is 3.37. The molecule has 32 heavy (non-hydrogen) atoms. The molecule has 1 aliphatic heterocycles. The van der Waals surface area contributed by atoms with Crippen molar-refractivity contribution in [3.63, 3.8) is 0 Å². The number of methoxy groups -OCH3 is 2. The van der Waals surface area contributed by atoms with Crippen LogP contribution < -0.4 is 24.6 Å². The highest BCUT2D eigenvalue weighted by atomic mass is 35.5. The molecule has 1 fully saturated rings. The quantitative estimate of drug-likeness (QED) is 0.643. The second kappa shape index (κ2) is 11.7. The van der Waals surface area contributed by atoms with E-state index in [4.69, 9.17) is 9.47 Å².